The first-order chi connectivity index (χ1) is 8.63. The van der Waals surface area contributed by atoms with E-state index in [0.29, 0.717) is 11.6 Å². The minimum absolute atomic E-state index is 0.00532. The minimum atomic E-state index is -0.274. The fourth-order valence-electron chi connectivity index (χ4n) is 2.08. The highest BCUT2D eigenvalue weighted by molar-refractivity contribution is 6.31. The molecule has 0 aromatic heterocycles. The molecule has 0 saturated heterocycles. The fraction of sp³-hybridized carbons (Fsp3) is 0.571. The molecule has 0 aliphatic rings. The van der Waals surface area contributed by atoms with Crippen LogP contribution in [0.15, 0.2) is 18.2 Å². The Morgan fingerprint density at radius 1 is 1.33 bits per heavy atom. The molecule has 0 aliphatic heterocycles. The smallest absolute Gasteiger partial charge is 0.123 e. The number of halogens is 2. The number of hydrogen-bond acceptors (Lipinski definition) is 2. The van der Waals surface area contributed by atoms with E-state index in [9.17, 15) is 4.39 Å². The van der Waals surface area contributed by atoms with Crippen molar-refractivity contribution in [3.05, 3.63) is 34.6 Å². The average Bonchev–Trinajstić information content (AvgIpc) is 2.37. The molecule has 2 atom stereocenters. The third kappa shape index (κ3) is 3.94. The lowest BCUT2D eigenvalue weighted by Crippen LogP contribution is -2.34. The second-order valence-corrected chi connectivity index (χ2v) is 4.51. The van der Waals surface area contributed by atoms with Crippen LogP contribution in [-0.4, -0.2) is 19.3 Å². The number of nitrogens with one attached hydrogen (secondary N) is 1. The Kier molecular flexibility index (Phi) is 6.61. The van der Waals surface area contributed by atoms with Crippen LogP contribution in [-0.2, 0) is 4.74 Å². The molecule has 1 N–H and O–H groups in total. The number of ether oxygens (including phenoxy) is 1. The topological polar surface area (TPSA) is 21.3 Å². The lowest BCUT2D eigenvalue weighted by atomic mass is 9.99. The van der Waals surface area contributed by atoms with Crippen molar-refractivity contribution >= 4 is 11.6 Å². The molecule has 4 heteroatoms. The summed E-state index contributed by atoms with van der Waals surface area (Å²) in [5.74, 6) is -0.274. The Morgan fingerprint density at radius 2 is 2.06 bits per heavy atom. The molecular formula is C14H21ClFNO. The Hall–Kier alpha value is -0.640. The lowest BCUT2D eigenvalue weighted by molar-refractivity contribution is 0.0318. The molecule has 1 aromatic rings. The van der Waals surface area contributed by atoms with Gasteiger partial charge in [0.1, 0.15) is 5.82 Å². The van der Waals surface area contributed by atoms with E-state index in [-0.39, 0.29) is 18.0 Å². The molecule has 1 rings (SSSR count). The van der Waals surface area contributed by atoms with Gasteiger partial charge in [-0.3, -0.25) is 0 Å². The third-order valence-corrected chi connectivity index (χ3v) is 3.22. The van der Waals surface area contributed by atoms with Gasteiger partial charge in [0.15, 0.2) is 0 Å². The van der Waals surface area contributed by atoms with E-state index in [1.807, 2.05) is 13.8 Å². The van der Waals surface area contributed by atoms with Crippen LogP contribution in [0.1, 0.15) is 38.8 Å². The van der Waals surface area contributed by atoms with E-state index >= 15 is 0 Å². The number of likely N-dealkylation sites (N-methyl/N-ethyl adjacent to an activating group) is 1. The van der Waals surface area contributed by atoms with Crippen LogP contribution < -0.4 is 5.32 Å². The molecule has 0 spiro atoms. The molecule has 0 radical (unpaired) electrons. The van der Waals surface area contributed by atoms with Crippen molar-refractivity contribution in [2.45, 2.75) is 39.3 Å². The van der Waals surface area contributed by atoms with Gasteiger partial charge in [-0.15, -0.1) is 0 Å². The van der Waals surface area contributed by atoms with Crippen molar-refractivity contribution in [1.82, 2.24) is 5.32 Å². The first-order valence-electron chi connectivity index (χ1n) is 6.43. The highest BCUT2D eigenvalue weighted by Gasteiger charge is 2.23. The second kappa shape index (κ2) is 7.72. The molecule has 0 aliphatic carbocycles. The zero-order chi connectivity index (χ0) is 13.5. The summed E-state index contributed by atoms with van der Waals surface area (Å²) in [6, 6.07) is 4.37. The SMILES string of the molecule is CCNC(c1cc(F)ccc1Cl)C(CC)OCC. The van der Waals surface area contributed by atoms with Crippen LogP contribution in [0, 0.1) is 5.82 Å². The van der Waals surface area contributed by atoms with Gasteiger partial charge in [0, 0.05) is 11.6 Å². The zero-order valence-electron chi connectivity index (χ0n) is 11.2. The number of rotatable bonds is 7. The Balaban J connectivity index is 3.05. The average molecular weight is 274 g/mol. The summed E-state index contributed by atoms with van der Waals surface area (Å²) in [5, 5.41) is 3.90. The van der Waals surface area contributed by atoms with Gasteiger partial charge >= 0.3 is 0 Å². The van der Waals surface area contributed by atoms with Gasteiger partial charge < -0.3 is 10.1 Å². The maximum atomic E-state index is 13.4. The molecule has 0 saturated carbocycles. The van der Waals surface area contributed by atoms with E-state index in [1.54, 1.807) is 6.07 Å². The first-order valence-corrected chi connectivity index (χ1v) is 6.81. The van der Waals surface area contributed by atoms with Crippen LogP contribution in [0.2, 0.25) is 5.02 Å². The fourth-order valence-corrected chi connectivity index (χ4v) is 2.31. The maximum absolute atomic E-state index is 13.4. The van der Waals surface area contributed by atoms with Gasteiger partial charge in [0.05, 0.1) is 12.1 Å². The normalized spacial score (nSPS) is 14.5. The largest absolute Gasteiger partial charge is 0.377 e. The highest BCUT2D eigenvalue weighted by atomic mass is 35.5. The Bertz CT molecular complexity index is 373. The molecule has 102 valence electrons. The summed E-state index contributed by atoms with van der Waals surface area (Å²) < 4.78 is 19.1. The lowest BCUT2D eigenvalue weighted by Gasteiger charge is -2.28. The van der Waals surface area contributed by atoms with Crippen molar-refractivity contribution in [2.75, 3.05) is 13.2 Å². The van der Waals surface area contributed by atoms with Crippen molar-refractivity contribution in [3.8, 4) is 0 Å². The van der Waals surface area contributed by atoms with Crippen LogP contribution in [0.25, 0.3) is 0 Å². The molecule has 1 aromatic carbocycles. The second-order valence-electron chi connectivity index (χ2n) is 4.10. The predicted octanol–water partition coefficient (Wildman–Crippen LogP) is 3.94. The summed E-state index contributed by atoms with van der Waals surface area (Å²) in [5.41, 5.74) is 0.763. The Labute approximate surface area is 113 Å². The highest BCUT2D eigenvalue weighted by Crippen LogP contribution is 2.28. The van der Waals surface area contributed by atoms with Gasteiger partial charge in [0.2, 0.25) is 0 Å². The molecular weight excluding hydrogens is 253 g/mol. The molecule has 2 nitrogen and oxygen atoms in total. The monoisotopic (exact) mass is 273 g/mol. The van der Waals surface area contributed by atoms with Crippen LogP contribution in [0.5, 0.6) is 0 Å². The third-order valence-electron chi connectivity index (χ3n) is 2.87. The summed E-state index contributed by atoms with van der Waals surface area (Å²) in [7, 11) is 0. The van der Waals surface area contributed by atoms with Gasteiger partial charge in [-0.05, 0) is 43.7 Å². The summed E-state index contributed by atoms with van der Waals surface area (Å²) >= 11 is 6.17. The van der Waals surface area contributed by atoms with E-state index in [0.717, 1.165) is 18.5 Å². The predicted molar refractivity (Wildman–Crippen MR) is 73.5 cm³/mol. The van der Waals surface area contributed by atoms with E-state index < -0.39 is 0 Å². The van der Waals surface area contributed by atoms with E-state index in [4.69, 9.17) is 16.3 Å². The molecule has 0 heterocycles. The Morgan fingerprint density at radius 3 is 2.61 bits per heavy atom. The summed E-state index contributed by atoms with van der Waals surface area (Å²) in [4.78, 5) is 0. The van der Waals surface area contributed by atoms with Crippen LogP contribution in [0.3, 0.4) is 0 Å². The summed E-state index contributed by atoms with van der Waals surface area (Å²) in [6.07, 6.45) is 0.840. The molecule has 0 bridgehead atoms. The number of hydrogen-bond donors (Lipinski definition) is 1. The minimum Gasteiger partial charge on any atom is -0.377 e. The van der Waals surface area contributed by atoms with Crippen LogP contribution >= 0.6 is 11.6 Å². The van der Waals surface area contributed by atoms with Gasteiger partial charge in [0.25, 0.3) is 0 Å². The molecule has 2 unspecified atom stereocenters. The van der Waals surface area contributed by atoms with Crippen LogP contribution in [0.4, 0.5) is 4.39 Å². The van der Waals surface area contributed by atoms with E-state index in [2.05, 4.69) is 12.2 Å². The summed E-state index contributed by atoms with van der Waals surface area (Å²) in [6.45, 7) is 7.43. The maximum Gasteiger partial charge on any atom is 0.123 e. The number of benzene rings is 1. The molecule has 0 amide bonds. The van der Waals surface area contributed by atoms with Crippen molar-refractivity contribution in [3.63, 3.8) is 0 Å². The molecule has 0 fully saturated rings. The quantitative estimate of drug-likeness (QED) is 0.812. The van der Waals surface area contributed by atoms with Crippen molar-refractivity contribution in [2.24, 2.45) is 0 Å². The van der Waals surface area contributed by atoms with Gasteiger partial charge in [-0.2, -0.15) is 0 Å². The van der Waals surface area contributed by atoms with Gasteiger partial charge in [-0.1, -0.05) is 25.4 Å². The standard InChI is InChI=1S/C14H21ClFNO/c1-4-13(18-6-3)14(17-5-2)11-9-10(16)7-8-12(11)15/h7-9,13-14,17H,4-6H2,1-3H3. The van der Waals surface area contributed by atoms with E-state index in [1.165, 1.54) is 12.1 Å². The van der Waals surface area contributed by atoms with Gasteiger partial charge in [-0.25, -0.2) is 4.39 Å². The molecule has 18 heavy (non-hydrogen) atoms. The zero-order valence-corrected chi connectivity index (χ0v) is 11.9. The van der Waals surface area contributed by atoms with Crippen molar-refractivity contribution < 1.29 is 9.13 Å². The first kappa shape index (κ1) is 15.4. The van der Waals surface area contributed by atoms with Crippen molar-refractivity contribution in [1.29, 1.82) is 0 Å².